The van der Waals surface area contributed by atoms with Crippen LogP contribution < -0.4 is 5.32 Å². The molecule has 166 valence electrons. The molecule has 2 heterocycles. The first-order valence-electron chi connectivity index (χ1n) is 10.8. The van der Waals surface area contributed by atoms with E-state index < -0.39 is 36.2 Å². The van der Waals surface area contributed by atoms with Crippen molar-refractivity contribution >= 4 is 18.0 Å². The molecule has 2 fully saturated rings. The summed E-state index contributed by atoms with van der Waals surface area (Å²) in [6.07, 6.45) is -0.610. The van der Waals surface area contributed by atoms with Crippen LogP contribution >= 0.6 is 0 Å². The monoisotopic (exact) mass is 436 g/mol. The number of likely N-dealkylation sites (tertiary alicyclic amines) is 1. The predicted molar refractivity (Wildman–Crippen MR) is 114 cm³/mol. The average molecular weight is 436 g/mol. The van der Waals surface area contributed by atoms with Crippen LogP contribution in [-0.4, -0.2) is 65.9 Å². The first kappa shape index (κ1) is 20.5. The molecule has 2 aliphatic heterocycles. The first-order valence-corrected chi connectivity index (χ1v) is 10.8. The zero-order valence-corrected chi connectivity index (χ0v) is 17.4. The number of carbonyl (C=O) groups excluding carboxylic acids is 2. The lowest BCUT2D eigenvalue weighted by Gasteiger charge is -2.39. The molecular weight excluding hydrogens is 412 g/mol. The van der Waals surface area contributed by atoms with E-state index in [4.69, 9.17) is 9.47 Å². The molecule has 1 unspecified atom stereocenters. The number of ether oxygens (including phenoxy) is 2. The SMILES string of the molecule is O=C(N[C@H]1CCO[C@H]1C(=O)N1CCC1C(=O)O)OCC1c2ccccc2-c2ccccc21. The summed E-state index contributed by atoms with van der Waals surface area (Å²) in [6, 6.07) is 14.8. The normalized spacial score (nSPS) is 23.8. The molecule has 5 rings (SSSR count). The van der Waals surface area contributed by atoms with Gasteiger partial charge in [0.1, 0.15) is 12.6 Å². The lowest BCUT2D eigenvalue weighted by atomic mass is 9.98. The molecular formula is C24H24N2O6. The van der Waals surface area contributed by atoms with Crippen molar-refractivity contribution in [3.8, 4) is 11.1 Å². The van der Waals surface area contributed by atoms with Gasteiger partial charge in [-0.3, -0.25) is 4.79 Å². The van der Waals surface area contributed by atoms with Crippen molar-refractivity contribution in [2.75, 3.05) is 19.8 Å². The Bertz CT molecular complexity index is 1020. The lowest BCUT2D eigenvalue weighted by Crippen LogP contribution is -2.60. The third-order valence-corrected chi connectivity index (χ3v) is 6.57. The maximum atomic E-state index is 12.7. The molecule has 0 saturated carbocycles. The summed E-state index contributed by atoms with van der Waals surface area (Å²) in [5, 5.41) is 11.9. The molecule has 8 heteroatoms. The van der Waals surface area contributed by atoms with Crippen molar-refractivity contribution in [1.82, 2.24) is 10.2 Å². The van der Waals surface area contributed by atoms with Crippen LogP contribution in [0.4, 0.5) is 4.79 Å². The molecule has 0 spiro atoms. The van der Waals surface area contributed by atoms with Crippen LogP contribution in [0.5, 0.6) is 0 Å². The third-order valence-electron chi connectivity index (χ3n) is 6.57. The second kappa shape index (κ2) is 8.27. The Hall–Kier alpha value is -3.39. The van der Waals surface area contributed by atoms with Crippen LogP contribution in [0.1, 0.15) is 29.9 Å². The zero-order chi connectivity index (χ0) is 22.2. The van der Waals surface area contributed by atoms with Crippen molar-refractivity contribution < 1.29 is 29.0 Å². The molecule has 2 saturated heterocycles. The van der Waals surface area contributed by atoms with Gasteiger partial charge < -0.3 is 24.8 Å². The highest BCUT2D eigenvalue weighted by Crippen LogP contribution is 2.44. The summed E-state index contributed by atoms with van der Waals surface area (Å²) in [7, 11) is 0. The van der Waals surface area contributed by atoms with E-state index >= 15 is 0 Å². The molecule has 1 aliphatic carbocycles. The Morgan fingerprint density at radius 3 is 2.28 bits per heavy atom. The van der Waals surface area contributed by atoms with E-state index in [0.717, 1.165) is 22.3 Å². The summed E-state index contributed by atoms with van der Waals surface area (Å²) in [4.78, 5) is 37.8. The van der Waals surface area contributed by atoms with Gasteiger partial charge in [-0.25, -0.2) is 9.59 Å². The molecule has 2 aromatic rings. The molecule has 3 atom stereocenters. The first-order chi connectivity index (χ1) is 15.5. The minimum absolute atomic E-state index is 0.0529. The van der Waals surface area contributed by atoms with Gasteiger partial charge in [0, 0.05) is 19.1 Å². The van der Waals surface area contributed by atoms with Crippen molar-refractivity contribution in [2.45, 2.75) is 36.9 Å². The van der Waals surface area contributed by atoms with Gasteiger partial charge >= 0.3 is 12.1 Å². The number of nitrogens with one attached hydrogen (secondary N) is 1. The quantitative estimate of drug-likeness (QED) is 0.746. The number of hydrogen-bond donors (Lipinski definition) is 2. The van der Waals surface area contributed by atoms with Crippen LogP contribution in [0.25, 0.3) is 11.1 Å². The Kier molecular flexibility index (Phi) is 5.30. The molecule has 3 aliphatic rings. The van der Waals surface area contributed by atoms with Crippen molar-refractivity contribution in [1.29, 1.82) is 0 Å². The smallest absolute Gasteiger partial charge is 0.407 e. The number of hydrogen-bond acceptors (Lipinski definition) is 5. The van der Waals surface area contributed by atoms with E-state index in [1.54, 1.807) is 0 Å². The number of aliphatic carboxylic acids is 1. The molecule has 0 aromatic heterocycles. The number of carboxylic acid groups (broad SMARTS) is 1. The minimum Gasteiger partial charge on any atom is -0.480 e. The molecule has 2 amide bonds. The zero-order valence-electron chi connectivity index (χ0n) is 17.4. The topological polar surface area (TPSA) is 105 Å². The summed E-state index contributed by atoms with van der Waals surface area (Å²) < 4.78 is 11.1. The lowest BCUT2D eigenvalue weighted by molar-refractivity contribution is -0.162. The number of carboxylic acids is 1. The van der Waals surface area contributed by atoms with Gasteiger partial charge in [0.25, 0.3) is 5.91 Å². The Balaban J connectivity index is 1.22. The average Bonchev–Trinajstić information content (AvgIpc) is 3.33. The van der Waals surface area contributed by atoms with Gasteiger partial charge in [-0.2, -0.15) is 0 Å². The fraction of sp³-hybridized carbons (Fsp3) is 0.375. The number of carbonyl (C=O) groups is 3. The van der Waals surface area contributed by atoms with Crippen LogP contribution in [0, 0.1) is 0 Å². The Labute approximate surface area is 185 Å². The Morgan fingerprint density at radius 1 is 1.03 bits per heavy atom. The largest absolute Gasteiger partial charge is 0.480 e. The summed E-state index contributed by atoms with van der Waals surface area (Å²) >= 11 is 0. The maximum Gasteiger partial charge on any atom is 0.407 e. The van der Waals surface area contributed by atoms with Gasteiger partial charge in [0.2, 0.25) is 0 Å². The van der Waals surface area contributed by atoms with Gasteiger partial charge in [-0.15, -0.1) is 0 Å². The van der Waals surface area contributed by atoms with E-state index in [2.05, 4.69) is 17.4 Å². The van der Waals surface area contributed by atoms with Gasteiger partial charge in [-0.05, 0) is 35.1 Å². The molecule has 2 aromatic carbocycles. The number of rotatable bonds is 5. The number of amides is 2. The Morgan fingerprint density at radius 2 is 1.69 bits per heavy atom. The molecule has 2 N–H and O–H groups in total. The van der Waals surface area contributed by atoms with Gasteiger partial charge in [0.15, 0.2) is 6.10 Å². The maximum absolute atomic E-state index is 12.7. The molecule has 0 radical (unpaired) electrons. The molecule has 0 bridgehead atoms. The van der Waals surface area contributed by atoms with Crippen LogP contribution in [0.15, 0.2) is 48.5 Å². The fourth-order valence-electron chi connectivity index (χ4n) is 4.84. The number of alkyl carbamates (subject to hydrolysis) is 1. The second-order valence-corrected chi connectivity index (χ2v) is 8.33. The van der Waals surface area contributed by atoms with E-state index in [0.29, 0.717) is 26.0 Å². The van der Waals surface area contributed by atoms with Crippen molar-refractivity contribution in [3.63, 3.8) is 0 Å². The highest BCUT2D eigenvalue weighted by molar-refractivity contribution is 5.89. The summed E-state index contributed by atoms with van der Waals surface area (Å²) in [5.74, 6) is -1.48. The van der Waals surface area contributed by atoms with Crippen LogP contribution in [0.2, 0.25) is 0 Å². The van der Waals surface area contributed by atoms with Crippen LogP contribution in [-0.2, 0) is 19.1 Å². The number of nitrogens with zero attached hydrogens (tertiary/aromatic N) is 1. The highest BCUT2D eigenvalue weighted by atomic mass is 16.6. The van der Waals surface area contributed by atoms with Crippen molar-refractivity contribution in [2.24, 2.45) is 0 Å². The van der Waals surface area contributed by atoms with E-state index in [-0.39, 0.29) is 12.5 Å². The third kappa shape index (κ3) is 3.50. The highest BCUT2D eigenvalue weighted by Gasteiger charge is 2.45. The van der Waals surface area contributed by atoms with Gasteiger partial charge in [0.05, 0.1) is 6.04 Å². The molecule has 32 heavy (non-hydrogen) atoms. The van der Waals surface area contributed by atoms with Crippen molar-refractivity contribution in [3.05, 3.63) is 59.7 Å². The number of fused-ring (bicyclic) bond motifs is 3. The summed E-state index contributed by atoms with van der Waals surface area (Å²) in [5.41, 5.74) is 4.54. The van der Waals surface area contributed by atoms with Crippen LogP contribution in [0.3, 0.4) is 0 Å². The number of benzene rings is 2. The fourth-order valence-corrected chi connectivity index (χ4v) is 4.84. The summed E-state index contributed by atoms with van der Waals surface area (Å²) in [6.45, 7) is 0.878. The second-order valence-electron chi connectivity index (χ2n) is 8.33. The van der Waals surface area contributed by atoms with Gasteiger partial charge in [-0.1, -0.05) is 48.5 Å². The predicted octanol–water partition coefficient (Wildman–Crippen LogP) is 2.37. The van der Waals surface area contributed by atoms with E-state index in [9.17, 15) is 19.5 Å². The minimum atomic E-state index is -1.02. The van der Waals surface area contributed by atoms with E-state index in [1.807, 2.05) is 36.4 Å². The molecule has 8 nitrogen and oxygen atoms in total. The van der Waals surface area contributed by atoms with E-state index in [1.165, 1.54) is 4.90 Å². The standard InChI is InChI=1S/C24H24N2O6/c27-22(26-11-9-20(26)23(28)29)21-19(10-12-31-21)25-24(30)32-13-18-16-7-3-1-5-14(16)15-6-2-4-8-17(15)18/h1-8,18-21H,9-13H2,(H,25,30)(H,28,29)/t19-,20?,21+/m0/s1.